The Kier molecular flexibility index (Phi) is 6.17. The molecule has 0 atom stereocenters. The lowest BCUT2D eigenvalue weighted by molar-refractivity contribution is -0.137. The highest BCUT2D eigenvalue weighted by Gasteiger charge is 2.50. The van der Waals surface area contributed by atoms with Crippen molar-refractivity contribution < 1.29 is 18.7 Å². The van der Waals surface area contributed by atoms with Crippen molar-refractivity contribution in [1.29, 1.82) is 0 Å². The number of carbonyl (C=O) groups excluding carboxylic acids is 1. The molecule has 5 heteroatoms. The summed E-state index contributed by atoms with van der Waals surface area (Å²) in [7, 11) is 0. The standard InChI is InChI=1S/C21H30FNO3/c1-15(2)18-5-4-17(22)12-19(18)26-11-10-25-9-8-23-20(24)16-13-21(14-16)6-3-7-21/h4-5,12,15-16H,3,6-11,13-14H2,1-2H3,(H,23,24). The minimum atomic E-state index is -0.298. The van der Waals surface area contributed by atoms with Crippen molar-refractivity contribution in [3.05, 3.63) is 29.6 Å². The van der Waals surface area contributed by atoms with E-state index in [1.165, 1.54) is 31.4 Å². The molecule has 0 radical (unpaired) electrons. The highest BCUT2D eigenvalue weighted by molar-refractivity contribution is 5.79. The molecule has 2 aliphatic carbocycles. The SMILES string of the molecule is CC(C)c1ccc(F)cc1OCCOCCNC(=O)C1CC2(CCC2)C1. The molecule has 1 spiro atoms. The largest absolute Gasteiger partial charge is 0.491 e. The zero-order valence-electron chi connectivity index (χ0n) is 15.9. The van der Waals surface area contributed by atoms with Crippen LogP contribution < -0.4 is 10.1 Å². The van der Waals surface area contributed by atoms with Crippen molar-refractivity contribution in [3.8, 4) is 5.75 Å². The summed E-state index contributed by atoms with van der Waals surface area (Å²) in [6, 6.07) is 4.64. The molecule has 3 rings (SSSR count). The number of ether oxygens (including phenoxy) is 2. The van der Waals surface area contributed by atoms with Crippen LogP contribution in [0.2, 0.25) is 0 Å². The van der Waals surface area contributed by atoms with Gasteiger partial charge in [-0.1, -0.05) is 26.3 Å². The molecular weight excluding hydrogens is 333 g/mol. The number of carbonyl (C=O) groups is 1. The summed E-state index contributed by atoms with van der Waals surface area (Å²) < 4.78 is 24.6. The van der Waals surface area contributed by atoms with Gasteiger partial charge in [0.25, 0.3) is 0 Å². The Morgan fingerprint density at radius 1 is 1.27 bits per heavy atom. The van der Waals surface area contributed by atoms with E-state index in [2.05, 4.69) is 5.32 Å². The molecule has 1 amide bonds. The van der Waals surface area contributed by atoms with Crippen LogP contribution >= 0.6 is 0 Å². The van der Waals surface area contributed by atoms with E-state index in [1.807, 2.05) is 13.8 Å². The third-order valence-corrected chi connectivity index (χ3v) is 5.77. The molecule has 2 saturated carbocycles. The third-order valence-electron chi connectivity index (χ3n) is 5.77. The van der Waals surface area contributed by atoms with Crippen molar-refractivity contribution in [2.75, 3.05) is 26.4 Å². The lowest BCUT2D eigenvalue weighted by Gasteiger charge is -2.53. The Morgan fingerprint density at radius 2 is 2.04 bits per heavy atom. The number of halogens is 1. The first-order chi connectivity index (χ1) is 12.5. The first kappa shape index (κ1) is 19.2. The normalized spacial score (nSPS) is 18.5. The fraction of sp³-hybridized carbons (Fsp3) is 0.667. The van der Waals surface area contributed by atoms with Crippen LogP contribution in [0.1, 0.15) is 57.4 Å². The summed E-state index contributed by atoms with van der Waals surface area (Å²) in [6.07, 6.45) is 6.09. The molecule has 1 aromatic carbocycles. The van der Waals surface area contributed by atoms with E-state index >= 15 is 0 Å². The van der Waals surface area contributed by atoms with Crippen LogP contribution in [0.4, 0.5) is 4.39 Å². The summed E-state index contributed by atoms with van der Waals surface area (Å²) in [5, 5.41) is 2.96. The topological polar surface area (TPSA) is 47.6 Å². The smallest absolute Gasteiger partial charge is 0.223 e. The molecule has 0 unspecified atom stereocenters. The van der Waals surface area contributed by atoms with Crippen molar-refractivity contribution in [3.63, 3.8) is 0 Å². The van der Waals surface area contributed by atoms with Crippen LogP contribution in [-0.2, 0) is 9.53 Å². The number of hydrogen-bond acceptors (Lipinski definition) is 3. The van der Waals surface area contributed by atoms with Crippen LogP contribution in [0.25, 0.3) is 0 Å². The molecule has 4 nitrogen and oxygen atoms in total. The molecule has 2 fully saturated rings. The average molecular weight is 363 g/mol. The maximum atomic E-state index is 13.4. The maximum Gasteiger partial charge on any atom is 0.223 e. The molecule has 0 aliphatic heterocycles. The molecule has 1 aromatic rings. The monoisotopic (exact) mass is 363 g/mol. The minimum absolute atomic E-state index is 0.170. The van der Waals surface area contributed by atoms with Gasteiger partial charge < -0.3 is 14.8 Å². The molecule has 144 valence electrons. The first-order valence-corrected chi connectivity index (χ1v) is 9.77. The van der Waals surface area contributed by atoms with Crippen molar-refractivity contribution in [2.45, 2.75) is 51.9 Å². The van der Waals surface area contributed by atoms with Gasteiger partial charge in [0.05, 0.1) is 13.2 Å². The fourth-order valence-electron chi connectivity index (χ4n) is 4.07. The van der Waals surface area contributed by atoms with E-state index < -0.39 is 0 Å². The molecule has 1 N–H and O–H groups in total. The Balaban J connectivity index is 1.26. The van der Waals surface area contributed by atoms with Gasteiger partial charge in [0.15, 0.2) is 0 Å². The minimum Gasteiger partial charge on any atom is -0.491 e. The van der Waals surface area contributed by atoms with E-state index in [0.29, 0.717) is 37.5 Å². The summed E-state index contributed by atoms with van der Waals surface area (Å²) in [5.74, 6) is 0.927. The average Bonchev–Trinajstić information content (AvgIpc) is 2.51. The summed E-state index contributed by atoms with van der Waals surface area (Å²) >= 11 is 0. The number of rotatable bonds is 9. The second-order valence-corrected chi connectivity index (χ2v) is 8.05. The van der Waals surface area contributed by atoms with Crippen molar-refractivity contribution in [2.24, 2.45) is 11.3 Å². The van der Waals surface area contributed by atoms with Gasteiger partial charge in [-0.05, 0) is 48.6 Å². The highest BCUT2D eigenvalue weighted by atomic mass is 19.1. The fourth-order valence-corrected chi connectivity index (χ4v) is 4.07. The number of amides is 1. The van der Waals surface area contributed by atoms with Gasteiger partial charge in [-0.3, -0.25) is 4.79 Å². The van der Waals surface area contributed by atoms with E-state index in [4.69, 9.17) is 9.47 Å². The second kappa shape index (κ2) is 8.38. The van der Waals surface area contributed by atoms with Crippen molar-refractivity contribution in [1.82, 2.24) is 5.32 Å². The summed E-state index contributed by atoms with van der Waals surface area (Å²) in [5.41, 5.74) is 1.52. The Bertz CT molecular complexity index is 620. The van der Waals surface area contributed by atoms with Crippen LogP contribution in [0.5, 0.6) is 5.75 Å². The van der Waals surface area contributed by atoms with Crippen molar-refractivity contribution >= 4 is 5.91 Å². The molecule has 0 heterocycles. The van der Waals surface area contributed by atoms with Crippen LogP contribution in [0.3, 0.4) is 0 Å². The number of benzene rings is 1. The molecule has 0 aromatic heterocycles. The van der Waals surface area contributed by atoms with Gasteiger partial charge >= 0.3 is 0 Å². The van der Waals surface area contributed by atoms with Gasteiger partial charge in [-0.15, -0.1) is 0 Å². The summed E-state index contributed by atoms with van der Waals surface area (Å²) in [6.45, 7) is 5.87. The van der Waals surface area contributed by atoms with E-state index in [-0.39, 0.29) is 23.6 Å². The predicted octanol–water partition coefficient (Wildman–Crippen LogP) is 4.04. The predicted molar refractivity (Wildman–Crippen MR) is 98.8 cm³/mol. The van der Waals surface area contributed by atoms with Gasteiger partial charge in [0, 0.05) is 18.5 Å². The third kappa shape index (κ3) is 4.56. The van der Waals surface area contributed by atoms with Gasteiger partial charge in [0.2, 0.25) is 5.91 Å². The zero-order valence-corrected chi connectivity index (χ0v) is 15.9. The quantitative estimate of drug-likeness (QED) is 0.674. The molecule has 26 heavy (non-hydrogen) atoms. The number of hydrogen-bond donors (Lipinski definition) is 1. The molecule has 0 saturated heterocycles. The van der Waals surface area contributed by atoms with Gasteiger partial charge in [-0.25, -0.2) is 4.39 Å². The maximum absolute atomic E-state index is 13.4. The summed E-state index contributed by atoms with van der Waals surface area (Å²) in [4.78, 5) is 12.0. The zero-order chi connectivity index (χ0) is 18.6. The lowest BCUT2D eigenvalue weighted by Crippen LogP contribution is -2.49. The van der Waals surface area contributed by atoms with Crippen LogP contribution in [0.15, 0.2) is 18.2 Å². The molecule has 2 aliphatic rings. The van der Waals surface area contributed by atoms with Gasteiger partial charge in [0.1, 0.15) is 18.2 Å². The van der Waals surface area contributed by atoms with Crippen LogP contribution in [-0.4, -0.2) is 32.3 Å². The second-order valence-electron chi connectivity index (χ2n) is 8.05. The number of nitrogens with one attached hydrogen (secondary N) is 1. The van der Waals surface area contributed by atoms with Gasteiger partial charge in [-0.2, -0.15) is 0 Å². The first-order valence-electron chi connectivity index (χ1n) is 9.77. The van der Waals surface area contributed by atoms with E-state index in [9.17, 15) is 9.18 Å². The molecule has 0 bridgehead atoms. The van der Waals surface area contributed by atoms with E-state index in [0.717, 1.165) is 18.4 Å². The molecular formula is C21H30FNO3. The Labute approximate surface area is 155 Å². The van der Waals surface area contributed by atoms with E-state index in [1.54, 1.807) is 6.07 Å². The van der Waals surface area contributed by atoms with Crippen LogP contribution in [0, 0.1) is 17.2 Å². The Hall–Kier alpha value is -1.62. The highest BCUT2D eigenvalue weighted by Crippen LogP contribution is 2.58. The Morgan fingerprint density at radius 3 is 2.69 bits per heavy atom. The lowest BCUT2D eigenvalue weighted by atomic mass is 9.51.